The number of aliphatic imine (C=N–C) groups is 1. The molecular formula is C17H18FN3O. The van der Waals surface area contributed by atoms with Gasteiger partial charge in [-0.1, -0.05) is 19.1 Å². The van der Waals surface area contributed by atoms with Crippen LogP contribution in [-0.2, 0) is 6.42 Å². The van der Waals surface area contributed by atoms with Crippen LogP contribution < -0.4 is 10.6 Å². The Morgan fingerprint density at radius 3 is 2.59 bits per heavy atom. The van der Waals surface area contributed by atoms with Gasteiger partial charge >= 0.3 is 6.03 Å². The zero-order valence-electron chi connectivity index (χ0n) is 12.6. The van der Waals surface area contributed by atoms with Gasteiger partial charge in [-0.25, -0.2) is 14.2 Å². The monoisotopic (exact) mass is 299 g/mol. The second-order valence-corrected chi connectivity index (χ2v) is 4.72. The first-order valence-corrected chi connectivity index (χ1v) is 7.03. The van der Waals surface area contributed by atoms with Crippen molar-refractivity contribution in [3.63, 3.8) is 0 Å². The minimum Gasteiger partial charge on any atom is -0.388 e. The molecule has 0 fully saturated rings. The molecule has 0 atom stereocenters. The summed E-state index contributed by atoms with van der Waals surface area (Å²) in [6.07, 6.45) is 2.26. The predicted octanol–water partition coefficient (Wildman–Crippen LogP) is 4.08. The second kappa shape index (κ2) is 7.36. The Hall–Kier alpha value is -2.69. The molecule has 2 N–H and O–H groups in total. The third-order valence-electron chi connectivity index (χ3n) is 3.21. The van der Waals surface area contributed by atoms with Crippen LogP contribution in [0.15, 0.2) is 47.5 Å². The first kappa shape index (κ1) is 15.7. The molecule has 0 saturated carbocycles. The van der Waals surface area contributed by atoms with E-state index in [1.54, 1.807) is 12.1 Å². The summed E-state index contributed by atoms with van der Waals surface area (Å²) in [6.45, 7) is 2.05. The van der Waals surface area contributed by atoms with Gasteiger partial charge in [0.25, 0.3) is 0 Å². The van der Waals surface area contributed by atoms with E-state index in [9.17, 15) is 9.18 Å². The molecular weight excluding hydrogens is 281 g/mol. The highest BCUT2D eigenvalue weighted by Crippen LogP contribution is 2.20. The van der Waals surface area contributed by atoms with Crippen LogP contribution in [-0.4, -0.2) is 19.3 Å². The summed E-state index contributed by atoms with van der Waals surface area (Å²) in [6, 6.07) is 10.9. The Bertz CT molecular complexity index is 681. The number of carbonyl (C=O) groups excluding carboxylic acids is 1. The van der Waals surface area contributed by atoms with Crippen molar-refractivity contribution in [1.82, 2.24) is 0 Å². The maximum absolute atomic E-state index is 12.8. The minimum absolute atomic E-state index is 0.321. The third-order valence-corrected chi connectivity index (χ3v) is 3.21. The number of urea groups is 1. The molecule has 5 heteroatoms. The molecule has 0 spiro atoms. The summed E-state index contributed by atoms with van der Waals surface area (Å²) < 4.78 is 12.8. The SMILES string of the molecule is CCc1cc(NC(=O)N=Cc2ccc(F)cc2)ccc1NC. The van der Waals surface area contributed by atoms with Crippen LogP contribution in [0.25, 0.3) is 0 Å². The number of hydrogen-bond acceptors (Lipinski definition) is 2. The van der Waals surface area contributed by atoms with Crippen molar-refractivity contribution in [3.05, 3.63) is 59.4 Å². The zero-order chi connectivity index (χ0) is 15.9. The van der Waals surface area contributed by atoms with Crippen LogP contribution in [0.1, 0.15) is 18.1 Å². The van der Waals surface area contributed by atoms with Crippen molar-refractivity contribution in [3.8, 4) is 0 Å². The Balaban J connectivity index is 2.04. The molecule has 0 aliphatic rings. The molecule has 0 radical (unpaired) electrons. The van der Waals surface area contributed by atoms with Crippen molar-refractivity contribution in [2.75, 3.05) is 17.7 Å². The summed E-state index contributed by atoms with van der Waals surface area (Å²) in [4.78, 5) is 15.6. The number of carbonyl (C=O) groups is 1. The summed E-state index contributed by atoms with van der Waals surface area (Å²) in [7, 11) is 1.86. The molecule has 0 unspecified atom stereocenters. The van der Waals surface area contributed by atoms with Gasteiger partial charge in [-0.15, -0.1) is 0 Å². The first-order chi connectivity index (χ1) is 10.6. The van der Waals surface area contributed by atoms with Gasteiger partial charge in [0.1, 0.15) is 5.82 Å². The molecule has 0 heterocycles. The molecule has 4 nitrogen and oxygen atoms in total. The van der Waals surface area contributed by atoms with Crippen LogP contribution in [0.4, 0.5) is 20.6 Å². The van der Waals surface area contributed by atoms with E-state index in [2.05, 4.69) is 22.5 Å². The zero-order valence-corrected chi connectivity index (χ0v) is 12.6. The molecule has 0 aliphatic carbocycles. The lowest BCUT2D eigenvalue weighted by Gasteiger charge is -2.09. The van der Waals surface area contributed by atoms with Crippen LogP contribution in [0.2, 0.25) is 0 Å². The van der Waals surface area contributed by atoms with Crippen molar-refractivity contribution in [2.45, 2.75) is 13.3 Å². The van der Waals surface area contributed by atoms with E-state index in [0.717, 1.165) is 17.7 Å². The molecule has 2 rings (SSSR count). The number of nitrogens with one attached hydrogen (secondary N) is 2. The van der Waals surface area contributed by atoms with Gasteiger partial charge in [0.05, 0.1) is 0 Å². The summed E-state index contributed by atoms with van der Waals surface area (Å²) in [5.74, 6) is -0.321. The molecule has 114 valence electrons. The fourth-order valence-electron chi connectivity index (χ4n) is 2.05. The van der Waals surface area contributed by atoms with Crippen molar-refractivity contribution >= 4 is 23.6 Å². The molecule has 0 saturated heterocycles. The first-order valence-electron chi connectivity index (χ1n) is 7.03. The highest BCUT2D eigenvalue weighted by atomic mass is 19.1. The number of amides is 2. The normalized spacial score (nSPS) is 10.7. The number of aryl methyl sites for hydroxylation is 1. The molecule has 0 bridgehead atoms. The molecule has 0 aliphatic heterocycles. The van der Waals surface area contributed by atoms with Gasteiger partial charge in [0.2, 0.25) is 0 Å². The Morgan fingerprint density at radius 1 is 1.23 bits per heavy atom. The Labute approximate surface area is 129 Å². The van der Waals surface area contributed by atoms with Crippen molar-refractivity contribution < 1.29 is 9.18 Å². The largest absolute Gasteiger partial charge is 0.388 e. The highest BCUT2D eigenvalue weighted by Gasteiger charge is 2.03. The van der Waals surface area contributed by atoms with Crippen LogP contribution in [0.3, 0.4) is 0 Å². The molecule has 0 aromatic heterocycles. The fraction of sp³-hybridized carbons (Fsp3) is 0.176. The number of hydrogen-bond donors (Lipinski definition) is 2. The maximum Gasteiger partial charge on any atom is 0.345 e. The number of rotatable bonds is 4. The van der Waals surface area contributed by atoms with Crippen LogP contribution >= 0.6 is 0 Å². The lowest BCUT2D eigenvalue weighted by molar-refractivity contribution is 0.259. The number of benzene rings is 2. The van der Waals surface area contributed by atoms with E-state index in [1.807, 2.05) is 25.2 Å². The average molecular weight is 299 g/mol. The fourth-order valence-corrected chi connectivity index (χ4v) is 2.05. The van der Waals surface area contributed by atoms with Gasteiger partial charge in [-0.2, -0.15) is 0 Å². The lowest BCUT2D eigenvalue weighted by Crippen LogP contribution is -2.07. The molecule has 2 aromatic carbocycles. The van der Waals surface area contributed by atoms with Gasteiger partial charge < -0.3 is 10.6 Å². The third kappa shape index (κ3) is 4.15. The summed E-state index contributed by atoms with van der Waals surface area (Å²) in [5, 5.41) is 5.82. The van der Waals surface area contributed by atoms with Crippen molar-refractivity contribution in [2.24, 2.45) is 4.99 Å². The van der Waals surface area contributed by atoms with Gasteiger partial charge in [-0.05, 0) is 47.9 Å². The summed E-state index contributed by atoms with van der Waals surface area (Å²) in [5.41, 5.74) is 3.51. The van der Waals surface area contributed by atoms with Gasteiger partial charge in [-0.3, -0.25) is 0 Å². The Morgan fingerprint density at radius 2 is 1.95 bits per heavy atom. The number of anilines is 2. The highest BCUT2D eigenvalue weighted by molar-refractivity contribution is 5.98. The van der Waals surface area contributed by atoms with Crippen LogP contribution in [0, 0.1) is 5.82 Å². The van der Waals surface area contributed by atoms with E-state index >= 15 is 0 Å². The van der Waals surface area contributed by atoms with Gasteiger partial charge in [0.15, 0.2) is 0 Å². The standard InChI is InChI=1S/C17H18FN3O/c1-3-13-10-15(8-9-16(13)19-2)21-17(22)20-11-12-4-6-14(18)7-5-12/h4-11,19H,3H2,1-2H3,(H,21,22). The minimum atomic E-state index is -0.469. The van der Waals surface area contributed by atoms with E-state index < -0.39 is 6.03 Å². The molecule has 2 aromatic rings. The molecule has 22 heavy (non-hydrogen) atoms. The maximum atomic E-state index is 12.8. The smallest absolute Gasteiger partial charge is 0.345 e. The van der Waals surface area contributed by atoms with E-state index in [0.29, 0.717) is 11.3 Å². The second-order valence-electron chi connectivity index (χ2n) is 4.72. The number of nitrogens with zero attached hydrogens (tertiary/aromatic N) is 1. The van der Waals surface area contributed by atoms with Crippen LogP contribution in [0.5, 0.6) is 0 Å². The van der Waals surface area contributed by atoms with E-state index in [1.165, 1.54) is 18.3 Å². The number of halogens is 1. The van der Waals surface area contributed by atoms with Gasteiger partial charge in [0, 0.05) is 24.6 Å². The Kier molecular flexibility index (Phi) is 5.25. The van der Waals surface area contributed by atoms with Crippen molar-refractivity contribution in [1.29, 1.82) is 0 Å². The summed E-state index contributed by atoms with van der Waals surface area (Å²) >= 11 is 0. The predicted molar refractivity (Wildman–Crippen MR) is 88.4 cm³/mol. The molecule has 2 amide bonds. The average Bonchev–Trinajstić information content (AvgIpc) is 2.54. The quantitative estimate of drug-likeness (QED) is 0.836. The topological polar surface area (TPSA) is 53.5 Å². The van der Waals surface area contributed by atoms with E-state index in [-0.39, 0.29) is 5.82 Å². The van der Waals surface area contributed by atoms with E-state index in [4.69, 9.17) is 0 Å². The lowest BCUT2D eigenvalue weighted by atomic mass is 10.1.